The Hall–Kier alpha value is -0.970. The highest BCUT2D eigenvalue weighted by Crippen LogP contribution is 2.24. The maximum Gasteiger partial charge on any atom is 0.163 e. The summed E-state index contributed by atoms with van der Waals surface area (Å²) in [5.74, 6) is 1.36. The Balaban J connectivity index is 1.74. The summed E-state index contributed by atoms with van der Waals surface area (Å²) in [5, 5.41) is 0. The summed E-state index contributed by atoms with van der Waals surface area (Å²) in [5.41, 5.74) is 0. The van der Waals surface area contributed by atoms with Gasteiger partial charge in [-0.3, -0.25) is 0 Å². The zero-order chi connectivity index (χ0) is 13.7. The minimum Gasteiger partial charge on any atom is -0.497 e. The zero-order valence-corrected chi connectivity index (χ0v) is 12.4. The third-order valence-electron chi connectivity index (χ3n) is 2.79. The van der Waals surface area contributed by atoms with Crippen molar-refractivity contribution >= 4 is 11.8 Å². The third kappa shape index (κ3) is 4.56. The highest BCUT2D eigenvalue weighted by molar-refractivity contribution is 7.99. The Morgan fingerprint density at radius 3 is 2.68 bits per heavy atom. The van der Waals surface area contributed by atoms with E-state index in [2.05, 4.69) is 24.3 Å². The van der Waals surface area contributed by atoms with Crippen LogP contribution in [0, 0.1) is 0 Å². The Morgan fingerprint density at radius 2 is 2.11 bits per heavy atom. The van der Waals surface area contributed by atoms with Crippen LogP contribution in [0.15, 0.2) is 41.3 Å². The first kappa shape index (κ1) is 14.4. The number of benzene rings is 1. The molecule has 1 aliphatic rings. The minimum atomic E-state index is -0.446. The highest BCUT2D eigenvalue weighted by atomic mass is 32.2. The lowest BCUT2D eigenvalue weighted by molar-refractivity contribution is -0.133. The van der Waals surface area contributed by atoms with Gasteiger partial charge >= 0.3 is 0 Å². The fourth-order valence-electron chi connectivity index (χ4n) is 1.83. The molecular weight excluding hydrogens is 260 g/mol. The van der Waals surface area contributed by atoms with Gasteiger partial charge in [0.25, 0.3) is 0 Å². The van der Waals surface area contributed by atoms with Gasteiger partial charge < -0.3 is 14.2 Å². The second-order valence-electron chi connectivity index (χ2n) is 4.78. The van der Waals surface area contributed by atoms with Crippen molar-refractivity contribution in [3.8, 4) is 5.75 Å². The Labute approximate surface area is 118 Å². The molecule has 0 aromatic heterocycles. The van der Waals surface area contributed by atoms with Gasteiger partial charge in [-0.15, -0.1) is 11.8 Å². The summed E-state index contributed by atoms with van der Waals surface area (Å²) in [6.07, 6.45) is 4.28. The monoisotopic (exact) mass is 280 g/mol. The maximum absolute atomic E-state index is 5.70. The number of methoxy groups -OCH3 is 1. The van der Waals surface area contributed by atoms with Gasteiger partial charge in [-0.2, -0.15) is 0 Å². The third-order valence-corrected chi connectivity index (χ3v) is 3.75. The molecule has 1 aliphatic heterocycles. The van der Waals surface area contributed by atoms with E-state index in [0.717, 1.165) is 11.5 Å². The average Bonchev–Trinajstić information content (AvgIpc) is 2.75. The van der Waals surface area contributed by atoms with Crippen molar-refractivity contribution in [2.24, 2.45) is 0 Å². The molecule has 0 radical (unpaired) electrons. The molecule has 1 atom stereocenters. The van der Waals surface area contributed by atoms with Crippen molar-refractivity contribution < 1.29 is 14.2 Å². The van der Waals surface area contributed by atoms with Crippen molar-refractivity contribution in [1.29, 1.82) is 0 Å². The molecule has 0 unspecified atom stereocenters. The molecule has 0 aliphatic carbocycles. The van der Waals surface area contributed by atoms with Crippen LogP contribution in [0.25, 0.3) is 0 Å². The van der Waals surface area contributed by atoms with Crippen molar-refractivity contribution in [3.63, 3.8) is 0 Å². The molecular formula is C15H20O3S. The van der Waals surface area contributed by atoms with Crippen LogP contribution >= 0.6 is 11.8 Å². The molecule has 1 saturated heterocycles. The normalized spacial score (nSPS) is 21.9. The molecule has 0 spiro atoms. The molecule has 104 valence electrons. The molecule has 0 saturated carbocycles. The summed E-state index contributed by atoms with van der Waals surface area (Å²) < 4.78 is 16.3. The number of rotatable bonds is 5. The van der Waals surface area contributed by atoms with E-state index in [4.69, 9.17) is 14.2 Å². The number of hydrogen-bond acceptors (Lipinski definition) is 4. The van der Waals surface area contributed by atoms with E-state index < -0.39 is 5.79 Å². The molecule has 1 heterocycles. The van der Waals surface area contributed by atoms with Crippen LogP contribution in [-0.4, -0.2) is 31.4 Å². The summed E-state index contributed by atoms with van der Waals surface area (Å²) >= 11 is 1.78. The Bertz CT molecular complexity index is 426. The predicted octanol–water partition coefficient (Wildman–Crippen LogP) is 3.50. The van der Waals surface area contributed by atoms with E-state index in [9.17, 15) is 0 Å². The fourth-order valence-corrected chi connectivity index (χ4v) is 2.56. The van der Waals surface area contributed by atoms with Crippen LogP contribution in [0.3, 0.4) is 0 Å². The molecule has 3 nitrogen and oxygen atoms in total. The summed E-state index contributed by atoms with van der Waals surface area (Å²) in [6.45, 7) is 4.51. The van der Waals surface area contributed by atoms with Crippen LogP contribution in [0.1, 0.15) is 13.8 Å². The molecule has 4 heteroatoms. The molecule has 2 rings (SSSR count). The smallest absolute Gasteiger partial charge is 0.163 e. The quantitative estimate of drug-likeness (QED) is 0.609. The minimum absolute atomic E-state index is 0.0754. The number of thioether (sulfide) groups is 1. The fraction of sp³-hybridized carbons (Fsp3) is 0.467. The Kier molecular flexibility index (Phi) is 4.91. The van der Waals surface area contributed by atoms with Gasteiger partial charge in [-0.05, 0) is 38.1 Å². The van der Waals surface area contributed by atoms with Crippen molar-refractivity contribution in [2.45, 2.75) is 30.6 Å². The van der Waals surface area contributed by atoms with Gasteiger partial charge in [0.05, 0.1) is 13.7 Å². The standard InChI is InChI=1S/C15H20O3S/c1-15(2)17-11-13(18-15)5-4-10-19-14-8-6-12(16-3)7-9-14/h4-9,13H,10-11H2,1-3H3/b5-4-/t13-/m0/s1. The van der Waals surface area contributed by atoms with E-state index in [0.29, 0.717) is 6.61 Å². The van der Waals surface area contributed by atoms with Gasteiger partial charge in [-0.1, -0.05) is 12.2 Å². The van der Waals surface area contributed by atoms with Gasteiger partial charge in [0.1, 0.15) is 11.9 Å². The van der Waals surface area contributed by atoms with Crippen molar-refractivity contribution in [1.82, 2.24) is 0 Å². The first-order chi connectivity index (χ1) is 9.09. The summed E-state index contributed by atoms with van der Waals surface area (Å²) in [7, 11) is 1.68. The molecule has 1 aromatic carbocycles. The second-order valence-corrected chi connectivity index (χ2v) is 5.88. The molecule has 0 N–H and O–H groups in total. The van der Waals surface area contributed by atoms with Gasteiger partial charge in [0.2, 0.25) is 0 Å². The lowest BCUT2D eigenvalue weighted by Gasteiger charge is -2.15. The van der Waals surface area contributed by atoms with Gasteiger partial charge in [-0.25, -0.2) is 0 Å². The number of hydrogen-bond donors (Lipinski definition) is 0. The molecule has 19 heavy (non-hydrogen) atoms. The van der Waals surface area contributed by atoms with Crippen LogP contribution in [0.4, 0.5) is 0 Å². The van der Waals surface area contributed by atoms with Crippen LogP contribution in [0.2, 0.25) is 0 Å². The van der Waals surface area contributed by atoms with Crippen LogP contribution in [0.5, 0.6) is 5.75 Å². The topological polar surface area (TPSA) is 27.7 Å². The van der Waals surface area contributed by atoms with Crippen molar-refractivity contribution in [2.75, 3.05) is 19.5 Å². The highest BCUT2D eigenvalue weighted by Gasteiger charge is 2.30. The largest absolute Gasteiger partial charge is 0.497 e. The number of ether oxygens (including phenoxy) is 3. The molecule has 0 amide bonds. The average molecular weight is 280 g/mol. The molecule has 1 aromatic rings. The van der Waals surface area contributed by atoms with E-state index in [-0.39, 0.29) is 6.10 Å². The first-order valence-electron chi connectivity index (χ1n) is 6.34. The van der Waals surface area contributed by atoms with E-state index in [1.54, 1.807) is 18.9 Å². The molecule has 1 fully saturated rings. The second kappa shape index (κ2) is 6.46. The summed E-state index contributed by atoms with van der Waals surface area (Å²) in [4.78, 5) is 1.23. The maximum atomic E-state index is 5.70. The van der Waals surface area contributed by atoms with E-state index >= 15 is 0 Å². The van der Waals surface area contributed by atoms with Gasteiger partial charge in [0, 0.05) is 10.6 Å². The van der Waals surface area contributed by atoms with Crippen LogP contribution < -0.4 is 4.74 Å². The Morgan fingerprint density at radius 1 is 1.37 bits per heavy atom. The van der Waals surface area contributed by atoms with Crippen molar-refractivity contribution in [3.05, 3.63) is 36.4 Å². The molecule has 0 bridgehead atoms. The van der Waals surface area contributed by atoms with Crippen LogP contribution in [-0.2, 0) is 9.47 Å². The summed E-state index contributed by atoms with van der Waals surface area (Å²) in [6, 6.07) is 8.08. The SMILES string of the molecule is COc1ccc(SC/C=C\[C@H]2COC(C)(C)O2)cc1. The zero-order valence-electron chi connectivity index (χ0n) is 11.6. The lowest BCUT2D eigenvalue weighted by Crippen LogP contribution is -2.20. The lowest BCUT2D eigenvalue weighted by atomic mass is 10.3. The van der Waals surface area contributed by atoms with E-state index in [1.165, 1.54) is 4.90 Å². The predicted molar refractivity (Wildman–Crippen MR) is 77.8 cm³/mol. The van der Waals surface area contributed by atoms with Gasteiger partial charge in [0.15, 0.2) is 5.79 Å². The first-order valence-corrected chi connectivity index (χ1v) is 7.33. The van der Waals surface area contributed by atoms with E-state index in [1.807, 2.05) is 26.0 Å².